The number of pyridine rings is 1. The van der Waals surface area contributed by atoms with Crippen molar-refractivity contribution in [2.45, 2.75) is 19.4 Å². The fourth-order valence-corrected chi connectivity index (χ4v) is 5.66. The second-order valence-electron chi connectivity index (χ2n) is 6.11. The summed E-state index contributed by atoms with van der Waals surface area (Å²) < 4.78 is 1.01. The van der Waals surface area contributed by atoms with E-state index in [4.69, 9.17) is 4.98 Å². The van der Waals surface area contributed by atoms with Gasteiger partial charge in [0.05, 0.1) is 16.9 Å². The Balaban J connectivity index is 1.88. The average molecular weight is 400 g/mol. The van der Waals surface area contributed by atoms with Crippen LogP contribution in [0, 0.1) is 0 Å². The minimum absolute atomic E-state index is 0.277. The number of nitrogens with one attached hydrogen (secondary N) is 1. The molecule has 0 radical (unpaired) electrons. The molecule has 27 heavy (non-hydrogen) atoms. The molecule has 0 unspecified atom stereocenters. The molecule has 0 aromatic carbocycles. The summed E-state index contributed by atoms with van der Waals surface area (Å²) >= 11 is 2.94. The Labute approximate surface area is 163 Å². The highest BCUT2D eigenvalue weighted by atomic mass is 32.1. The highest BCUT2D eigenvalue weighted by molar-refractivity contribution is 7.23. The van der Waals surface area contributed by atoms with Gasteiger partial charge in [-0.15, -0.1) is 22.7 Å². The van der Waals surface area contributed by atoms with Crippen LogP contribution < -0.4 is 5.32 Å². The third kappa shape index (κ3) is 2.98. The summed E-state index contributed by atoms with van der Waals surface area (Å²) in [5, 5.41) is 13.8. The van der Waals surface area contributed by atoms with Gasteiger partial charge < -0.3 is 15.3 Å². The van der Waals surface area contributed by atoms with E-state index in [0.717, 1.165) is 31.2 Å². The van der Waals surface area contributed by atoms with Crippen LogP contribution in [0.2, 0.25) is 0 Å². The summed E-state index contributed by atoms with van der Waals surface area (Å²) in [5.74, 6) is -0.305. The van der Waals surface area contributed by atoms with Gasteiger partial charge in [-0.25, -0.2) is 9.78 Å². The van der Waals surface area contributed by atoms with E-state index in [0.29, 0.717) is 18.0 Å². The number of rotatable bonds is 3. The number of carbonyl (C=O) groups excluding carboxylic acids is 1. The third-order valence-electron chi connectivity index (χ3n) is 4.56. The van der Waals surface area contributed by atoms with Crippen molar-refractivity contribution >= 4 is 49.9 Å². The minimum atomic E-state index is -0.939. The first kappa shape index (κ1) is 17.6. The van der Waals surface area contributed by atoms with Crippen molar-refractivity contribution in [2.75, 3.05) is 11.9 Å². The molecular weight excluding hydrogens is 384 g/mol. The van der Waals surface area contributed by atoms with Crippen LogP contribution in [0.3, 0.4) is 0 Å². The van der Waals surface area contributed by atoms with Gasteiger partial charge in [0.25, 0.3) is 0 Å². The second kappa shape index (κ2) is 6.75. The van der Waals surface area contributed by atoms with Gasteiger partial charge in [0.15, 0.2) is 0 Å². The number of thiophene rings is 1. The van der Waals surface area contributed by atoms with Gasteiger partial charge in [-0.3, -0.25) is 9.78 Å². The topological polar surface area (TPSA) is 95.4 Å². The molecule has 0 saturated carbocycles. The monoisotopic (exact) mass is 400 g/mol. The third-order valence-corrected chi connectivity index (χ3v) is 6.93. The molecule has 138 valence electrons. The Hall–Kier alpha value is -2.78. The van der Waals surface area contributed by atoms with Crippen LogP contribution >= 0.6 is 22.7 Å². The van der Waals surface area contributed by atoms with Crippen molar-refractivity contribution in [1.82, 2.24) is 14.9 Å². The van der Waals surface area contributed by atoms with E-state index < -0.39 is 6.09 Å². The van der Waals surface area contributed by atoms with Crippen LogP contribution in [0.1, 0.15) is 23.4 Å². The van der Waals surface area contributed by atoms with Crippen LogP contribution in [0.4, 0.5) is 9.80 Å². The molecule has 7 nitrogen and oxygen atoms in total. The highest BCUT2D eigenvalue weighted by Crippen LogP contribution is 2.48. The van der Waals surface area contributed by atoms with E-state index in [1.54, 1.807) is 12.4 Å². The molecule has 0 aliphatic carbocycles. The molecular formula is C18H16N4O3S2. The second-order valence-corrected chi connectivity index (χ2v) is 8.19. The predicted molar refractivity (Wildman–Crippen MR) is 106 cm³/mol. The molecule has 9 heteroatoms. The molecule has 1 aliphatic rings. The Kier molecular flexibility index (Phi) is 4.40. The molecule has 4 rings (SSSR count). The first-order valence-electron chi connectivity index (χ1n) is 8.29. The van der Waals surface area contributed by atoms with E-state index in [1.165, 1.54) is 33.6 Å². The number of hydrogen-bond acceptors (Lipinski definition) is 6. The first-order chi connectivity index (χ1) is 13.0. The maximum atomic E-state index is 11.9. The molecule has 3 aromatic heterocycles. The lowest BCUT2D eigenvalue weighted by Crippen LogP contribution is -2.37. The van der Waals surface area contributed by atoms with Crippen molar-refractivity contribution in [3.8, 4) is 10.6 Å². The van der Waals surface area contributed by atoms with Crippen LogP contribution in [0.25, 0.3) is 20.8 Å². The zero-order chi connectivity index (χ0) is 19.1. The summed E-state index contributed by atoms with van der Waals surface area (Å²) in [5.41, 5.74) is 2.73. The van der Waals surface area contributed by atoms with E-state index in [1.807, 2.05) is 13.0 Å². The quantitative estimate of drug-likeness (QED) is 0.644. The lowest BCUT2D eigenvalue weighted by atomic mass is 9.99. The van der Waals surface area contributed by atoms with Gasteiger partial charge in [0.1, 0.15) is 15.5 Å². The molecule has 4 heterocycles. The van der Waals surface area contributed by atoms with E-state index in [-0.39, 0.29) is 11.9 Å². The molecule has 0 saturated heterocycles. The Morgan fingerprint density at radius 3 is 2.96 bits per heavy atom. The zero-order valence-corrected chi connectivity index (χ0v) is 16.1. The fraction of sp³-hybridized carbons (Fsp3) is 0.222. The number of anilines is 1. The highest BCUT2D eigenvalue weighted by Gasteiger charge is 2.33. The number of nitrogens with zero attached hydrogens (tertiary/aromatic N) is 3. The van der Waals surface area contributed by atoms with Gasteiger partial charge in [0, 0.05) is 23.2 Å². The first-order valence-corrected chi connectivity index (χ1v) is 9.92. The summed E-state index contributed by atoms with van der Waals surface area (Å²) in [6, 6.07) is 1.63. The Bertz CT molecular complexity index is 1040. The molecule has 1 atom stereocenters. The Morgan fingerprint density at radius 1 is 1.44 bits per heavy atom. The smallest absolute Gasteiger partial charge is 0.407 e. The van der Waals surface area contributed by atoms with Crippen LogP contribution in [0.5, 0.6) is 0 Å². The maximum absolute atomic E-state index is 11.9. The maximum Gasteiger partial charge on any atom is 0.407 e. The SMILES string of the molecule is C=CC(=O)Nc1sc2c(c1-c1nc3cnccc3s1)CCN(C(=O)O)[C@@H]2C. The van der Waals surface area contributed by atoms with Gasteiger partial charge in [-0.2, -0.15) is 0 Å². The lowest BCUT2D eigenvalue weighted by molar-refractivity contribution is -0.111. The van der Waals surface area contributed by atoms with Crippen molar-refractivity contribution in [1.29, 1.82) is 0 Å². The molecule has 0 spiro atoms. The average Bonchev–Trinajstić information content (AvgIpc) is 3.22. The van der Waals surface area contributed by atoms with Gasteiger partial charge in [-0.1, -0.05) is 6.58 Å². The summed E-state index contributed by atoms with van der Waals surface area (Å²) in [6.07, 6.45) is 4.30. The van der Waals surface area contributed by atoms with Gasteiger partial charge >= 0.3 is 6.09 Å². The molecule has 2 amide bonds. The molecule has 3 aromatic rings. The summed E-state index contributed by atoms with van der Waals surface area (Å²) in [7, 11) is 0. The van der Waals surface area contributed by atoms with Crippen LogP contribution in [-0.2, 0) is 11.2 Å². The number of fused-ring (bicyclic) bond motifs is 2. The summed E-state index contributed by atoms with van der Waals surface area (Å²) in [4.78, 5) is 34.6. The van der Waals surface area contributed by atoms with Gasteiger partial charge in [-0.05, 0) is 31.1 Å². The number of carbonyl (C=O) groups is 2. The van der Waals surface area contributed by atoms with E-state index in [2.05, 4.69) is 16.9 Å². The van der Waals surface area contributed by atoms with Crippen molar-refractivity contribution < 1.29 is 14.7 Å². The normalized spacial score (nSPS) is 16.2. The molecule has 0 fully saturated rings. The van der Waals surface area contributed by atoms with Crippen LogP contribution in [-0.4, -0.2) is 38.5 Å². The number of carboxylic acid groups (broad SMARTS) is 1. The van der Waals surface area contributed by atoms with Crippen molar-refractivity contribution in [2.24, 2.45) is 0 Å². The largest absolute Gasteiger partial charge is 0.465 e. The summed E-state index contributed by atoms with van der Waals surface area (Å²) in [6.45, 7) is 5.79. The fourth-order valence-electron chi connectivity index (χ4n) is 3.26. The molecule has 1 aliphatic heterocycles. The minimum Gasteiger partial charge on any atom is -0.465 e. The predicted octanol–water partition coefficient (Wildman–Crippen LogP) is 4.14. The van der Waals surface area contributed by atoms with E-state index in [9.17, 15) is 14.7 Å². The van der Waals surface area contributed by atoms with Crippen molar-refractivity contribution in [3.63, 3.8) is 0 Å². The van der Waals surface area contributed by atoms with Crippen molar-refractivity contribution in [3.05, 3.63) is 41.6 Å². The molecule has 2 N–H and O–H groups in total. The number of hydrogen-bond donors (Lipinski definition) is 2. The number of amides is 2. The number of thiazole rings is 1. The molecule has 0 bridgehead atoms. The number of aromatic nitrogens is 2. The van der Waals surface area contributed by atoms with E-state index >= 15 is 0 Å². The van der Waals surface area contributed by atoms with Gasteiger partial charge in [0.2, 0.25) is 5.91 Å². The van der Waals surface area contributed by atoms with Crippen LogP contribution in [0.15, 0.2) is 31.1 Å². The Morgan fingerprint density at radius 2 is 2.26 bits per heavy atom. The standard InChI is InChI=1S/C18H16N4O3S2/c1-3-13(23)21-17-14(16-20-11-8-19-6-4-12(11)26-16)10-5-7-22(18(24)25)9(2)15(10)27-17/h3-4,6,8-9H,1,5,7H2,2H3,(H,21,23)(H,24,25)/t9-/m1/s1. The zero-order valence-electron chi connectivity index (χ0n) is 14.4. The lowest BCUT2D eigenvalue weighted by Gasteiger charge is -2.31.